The molecule has 1 aromatic rings. The van der Waals surface area contributed by atoms with Gasteiger partial charge in [-0.2, -0.15) is 0 Å². The molecule has 1 aliphatic heterocycles. The molecule has 0 amide bonds. The lowest BCUT2D eigenvalue weighted by Gasteiger charge is -2.36. The van der Waals surface area contributed by atoms with Gasteiger partial charge in [0.05, 0.1) is 11.4 Å². The molecule has 3 nitrogen and oxygen atoms in total. The molecule has 1 aromatic carbocycles. The lowest BCUT2D eigenvalue weighted by atomic mass is 10.1. The normalized spacial score (nSPS) is 20.7. The molecule has 1 spiro atoms. The molecular weight excluding hydrogens is 210 g/mol. The fourth-order valence-electron chi connectivity index (χ4n) is 3.34. The van der Waals surface area contributed by atoms with Crippen molar-refractivity contribution in [3.8, 4) is 0 Å². The summed E-state index contributed by atoms with van der Waals surface area (Å²) in [6, 6.07) is 6.67. The van der Waals surface area contributed by atoms with Crippen LogP contribution < -0.4 is 16.0 Å². The van der Waals surface area contributed by atoms with E-state index in [0.29, 0.717) is 0 Å². The minimum Gasteiger partial charge on any atom is -0.361 e. The minimum atomic E-state index is 0.162. The van der Waals surface area contributed by atoms with E-state index in [1.165, 1.54) is 42.6 Å². The molecule has 1 fully saturated rings. The lowest BCUT2D eigenvalue weighted by molar-refractivity contribution is 0.467. The van der Waals surface area contributed by atoms with Gasteiger partial charge >= 0.3 is 0 Å². The van der Waals surface area contributed by atoms with Crippen molar-refractivity contribution >= 4 is 11.4 Å². The molecular formula is C14H21N3. The Hall–Kier alpha value is -1.22. The van der Waals surface area contributed by atoms with E-state index in [-0.39, 0.29) is 5.66 Å². The number of nitrogens with zero attached hydrogens (tertiary/aromatic N) is 1. The average Bonchev–Trinajstić information content (AvgIpc) is 2.88. The third-order valence-electron chi connectivity index (χ3n) is 4.11. The first-order chi connectivity index (χ1) is 8.25. The second-order valence-electron chi connectivity index (χ2n) is 5.32. The van der Waals surface area contributed by atoms with E-state index < -0.39 is 0 Å². The standard InChI is InChI=1S/C14H21N3/c1-11-4-5-12-13(10-11)17(9-8-15)14(16-12)6-2-3-7-14/h4-5,10,16H,2-3,6-9,15H2,1H3. The Balaban J connectivity index is 2.02. The summed E-state index contributed by atoms with van der Waals surface area (Å²) < 4.78 is 0. The van der Waals surface area contributed by atoms with Gasteiger partial charge in [0, 0.05) is 13.1 Å². The molecule has 92 valence electrons. The highest BCUT2D eigenvalue weighted by molar-refractivity contribution is 5.78. The molecule has 2 aliphatic rings. The van der Waals surface area contributed by atoms with Gasteiger partial charge in [0.25, 0.3) is 0 Å². The van der Waals surface area contributed by atoms with Crippen LogP contribution in [-0.4, -0.2) is 18.8 Å². The number of benzene rings is 1. The van der Waals surface area contributed by atoms with Crippen LogP contribution >= 0.6 is 0 Å². The van der Waals surface area contributed by atoms with Crippen LogP contribution in [-0.2, 0) is 0 Å². The Kier molecular flexibility index (Phi) is 2.51. The van der Waals surface area contributed by atoms with Crippen LogP contribution in [0.3, 0.4) is 0 Å². The molecule has 3 heteroatoms. The molecule has 1 saturated carbocycles. The summed E-state index contributed by atoms with van der Waals surface area (Å²) in [7, 11) is 0. The molecule has 17 heavy (non-hydrogen) atoms. The fraction of sp³-hybridized carbons (Fsp3) is 0.571. The van der Waals surface area contributed by atoms with Crippen LogP contribution in [0.4, 0.5) is 11.4 Å². The first-order valence-electron chi connectivity index (χ1n) is 6.62. The summed E-state index contributed by atoms with van der Waals surface area (Å²) in [6.07, 6.45) is 5.11. The zero-order chi connectivity index (χ0) is 11.9. The van der Waals surface area contributed by atoms with E-state index in [0.717, 1.165) is 13.1 Å². The summed E-state index contributed by atoms with van der Waals surface area (Å²) in [5.74, 6) is 0. The Labute approximate surface area is 103 Å². The first-order valence-corrected chi connectivity index (χ1v) is 6.62. The van der Waals surface area contributed by atoms with Crippen molar-refractivity contribution in [2.45, 2.75) is 38.3 Å². The van der Waals surface area contributed by atoms with Gasteiger partial charge in [0.2, 0.25) is 0 Å². The van der Waals surface area contributed by atoms with Gasteiger partial charge in [0.1, 0.15) is 5.66 Å². The van der Waals surface area contributed by atoms with Crippen molar-refractivity contribution in [1.82, 2.24) is 0 Å². The number of fused-ring (bicyclic) bond motifs is 1. The molecule has 3 rings (SSSR count). The molecule has 0 bridgehead atoms. The van der Waals surface area contributed by atoms with Crippen LogP contribution in [0.25, 0.3) is 0 Å². The molecule has 1 heterocycles. The highest BCUT2D eigenvalue weighted by Crippen LogP contribution is 2.47. The van der Waals surface area contributed by atoms with Crippen molar-refractivity contribution < 1.29 is 0 Å². The lowest BCUT2D eigenvalue weighted by Crippen LogP contribution is -2.50. The number of aryl methyl sites for hydroxylation is 1. The van der Waals surface area contributed by atoms with E-state index in [1.807, 2.05) is 0 Å². The molecule has 1 aliphatic carbocycles. The third kappa shape index (κ3) is 1.61. The maximum absolute atomic E-state index is 5.79. The number of rotatable bonds is 2. The maximum Gasteiger partial charge on any atom is 0.110 e. The molecule has 3 N–H and O–H groups in total. The van der Waals surface area contributed by atoms with Crippen LogP contribution in [0.5, 0.6) is 0 Å². The maximum atomic E-state index is 5.79. The zero-order valence-electron chi connectivity index (χ0n) is 10.5. The highest BCUT2D eigenvalue weighted by Gasteiger charge is 2.44. The number of anilines is 2. The summed E-state index contributed by atoms with van der Waals surface area (Å²) in [5.41, 5.74) is 9.90. The average molecular weight is 231 g/mol. The predicted molar refractivity (Wildman–Crippen MR) is 72.4 cm³/mol. The van der Waals surface area contributed by atoms with Crippen LogP contribution in [0, 0.1) is 6.92 Å². The third-order valence-corrected chi connectivity index (χ3v) is 4.11. The van der Waals surface area contributed by atoms with Gasteiger partial charge in [-0.25, -0.2) is 0 Å². The first kappa shape index (κ1) is 10.9. The van der Waals surface area contributed by atoms with Gasteiger partial charge in [-0.3, -0.25) is 0 Å². The van der Waals surface area contributed by atoms with Crippen LogP contribution in [0.1, 0.15) is 31.2 Å². The SMILES string of the molecule is Cc1ccc2c(c1)N(CCN)C1(CCCC1)N2. The highest BCUT2D eigenvalue weighted by atomic mass is 15.4. The second kappa shape index (κ2) is 3.91. The molecule has 0 saturated heterocycles. The summed E-state index contributed by atoms with van der Waals surface area (Å²) >= 11 is 0. The van der Waals surface area contributed by atoms with Crippen LogP contribution in [0.15, 0.2) is 18.2 Å². The minimum absolute atomic E-state index is 0.162. The van der Waals surface area contributed by atoms with Gasteiger partial charge < -0.3 is 16.0 Å². The smallest absolute Gasteiger partial charge is 0.110 e. The number of hydrogen-bond acceptors (Lipinski definition) is 3. The molecule has 0 atom stereocenters. The predicted octanol–water partition coefficient (Wildman–Crippen LogP) is 2.46. The van der Waals surface area contributed by atoms with Crippen LogP contribution in [0.2, 0.25) is 0 Å². The Morgan fingerprint density at radius 3 is 2.82 bits per heavy atom. The van der Waals surface area contributed by atoms with Gasteiger partial charge in [-0.15, -0.1) is 0 Å². The Bertz CT molecular complexity index is 421. The summed E-state index contributed by atoms with van der Waals surface area (Å²) in [6.45, 7) is 3.82. The van der Waals surface area contributed by atoms with Crippen molar-refractivity contribution in [2.75, 3.05) is 23.3 Å². The zero-order valence-corrected chi connectivity index (χ0v) is 10.5. The Morgan fingerprint density at radius 2 is 2.12 bits per heavy atom. The fourth-order valence-corrected chi connectivity index (χ4v) is 3.34. The summed E-state index contributed by atoms with van der Waals surface area (Å²) in [5, 5.41) is 3.74. The topological polar surface area (TPSA) is 41.3 Å². The van der Waals surface area contributed by atoms with E-state index in [9.17, 15) is 0 Å². The van der Waals surface area contributed by atoms with E-state index in [4.69, 9.17) is 5.73 Å². The van der Waals surface area contributed by atoms with Crippen molar-refractivity contribution in [2.24, 2.45) is 5.73 Å². The number of nitrogens with one attached hydrogen (secondary N) is 1. The largest absolute Gasteiger partial charge is 0.361 e. The second-order valence-corrected chi connectivity index (χ2v) is 5.32. The van der Waals surface area contributed by atoms with Gasteiger partial charge in [0.15, 0.2) is 0 Å². The van der Waals surface area contributed by atoms with E-state index in [1.54, 1.807) is 0 Å². The summed E-state index contributed by atoms with van der Waals surface area (Å²) in [4.78, 5) is 2.50. The molecule has 0 aromatic heterocycles. The van der Waals surface area contributed by atoms with Crippen molar-refractivity contribution in [3.05, 3.63) is 23.8 Å². The Morgan fingerprint density at radius 1 is 1.35 bits per heavy atom. The van der Waals surface area contributed by atoms with Crippen molar-refractivity contribution in [1.29, 1.82) is 0 Å². The van der Waals surface area contributed by atoms with Gasteiger partial charge in [-0.05, 0) is 50.3 Å². The van der Waals surface area contributed by atoms with Gasteiger partial charge in [-0.1, -0.05) is 6.07 Å². The monoisotopic (exact) mass is 231 g/mol. The molecule has 0 radical (unpaired) electrons. The van der Waals surface area contributed by atoms with E-state index in [2.05, 4.69) is 35.3 Å². The quantitative estimate of drug-likeness (QED) is 0.821. The number of nitrogens with two attached hydrogens (primary N) is 1. The molecule has 0 unspecified atom stereocenters. The van der Waals surface area contributed by atoms with Crippen molar-refractivity contribution in [3.63, 3.8) is 0 Å². The number of hydrogen-bond donors (Lipinski definition) is 2. The van der Waals surface area contributed by atoms with E-state index >= 15 is 0 Å².